The van der Waals surface area contributed by atoms with Crippen LogP contribution in [0, 0.1) is 0 Å². The highest BCUT2D eigenvalue weighted by Gasteiger charge is 2.22. The molecule has 6 heteroatoms. The maximum atomic E-state index is 11.5. The van der Waals surface area contributed by atoms with E-state index in [9.17, 15) is 9.59 Å². The molecule has 0 aromatic heterocycles. The quantitative estimate of drug-likeness (QED) is 0.501. The molecule has 0 aromatic rings. The molecule has 0 radical (unpaired) electrons. The van der Waals surface area contributed by atoms with E-state index in [2.05, 4.69) is 5.32 Å². The molecule has 0 bridgehead atoms. The molecular weight excluding hydrogens is 224 g/mol. The van der Waals surface area contributed by atoms with E-state index in [1.165, 1.54) is 0 Å². The molecule has 0 aromatic carbocycles. The first kappa shape index (κ1) is 15.9. The fraction of sp³-hybridized carbons (Fsp3) is 0.818. The molecule has 0 aliphatic heterocycles. The van der Waals surface area contributed by atoms with E-state index in [1.807, 2.05) is 6.92 Å². The highest BCUT2D eigenvalue weighted by atomic mass is 16.5. The fourth-order valence-electron chi connectivity index (χ4n) is 1.41. The summed E-state index contributed by atoms with van der Waals surface area (Å²) in [4.78, 5) is 22.5. The molecular formula is C11H22N2O4. The van der Waals surface area contributed by atoms with Crippen molar-refractivity contribution >= 4 is 11.9 Å². The highest BCUT2D eigenvalue weighted by Crippen LogP contribution is 2.00. The van der Waals surface area contributed by atoms with Crippen molar-refractivity contribution in [3.63, 3.8) is 0 Å². The van der Waals surface area contributed by atoms with E-state index in [1.54, 1.807) is 7.11 Å². The fourth-order valence-corrected chi connectivity index (χ4v) is 1.41. The van der Waals surface area contributed by atoms with Gasteiger partial charge in [0.1, 0.15) is 6.04 Å². The molecule has 0 rings (SSSR count). The van der Waals surface area contributed by atoms with Crippen LogP contribution in [0.4, 0.5) is 0 Å². The van der Waals surface area contributed by atoms with E-state index >= 15 is 0 Å². The van der Waals surface area contributed by atoms with Gasteiger partial charge in [-0.15, -0.1) is 0 Å². The molecule has 0 saturated heterocycles. The molecule has 0 aliphatic rings. The second-order valence-corrected chi connectivity index (χ2v) is 3.93. The van der Waals surface area contributed by atoms with Gasteiger partial charge in [-0.3, -0.25) is 4.79 Å². The average molecular weight is 246 g/mol. The molecule has 17 heavy (non-hydrogen) atoms. The van der Waals surface area contributed by atoms with Crippen molar-refractivity contribution < 1.29 is 19.4 Å². The lowest BCUT2D eigenvalue weighted by Gasteiger charge is -2.17. The van der Waals surface area contributed by atoms with Crippen LogP contribution in [0.25, 0.3) is 0 Å². The van der Waals surface area contributed by atoms with Gasteiger partial charge in [0.05, 0.1) is 6.04 Å². The number of nitrogens with one attached hydrogen (secondary N) is 1. The van der Waals surface area contributed by atoms with E-state index in [4.69, 9.17) is 15.6 Å². The maximum absolute atomic E-state index is 11.5. The molecule has 1 unspecified atom stereocenters. The number of methoxy groups -OCH3 is 1. The summed E-state index contributed by atoms with van der Waals surface area (Å²) in [6.07, 6.45) is 2.26. The molecule has 2 atom stereocenters. The van der Waals surface area contributed by atoms with Gasteiger partial charge in [-0.05, 0) is 19.3 Å². The molecule has 1 amide bonds. The lowest BCUT2D eigenvalue weighted by atomic mass is 10.1. The van der Waals surface area contributed by atoms with E-state index in [0.29, 0.717) is 25.9 Å². The van der Waals surface area contributed by atoms with Crippen LogP contribution < -0.4 is 11.1 Å². The first-order valence-corrected chi connectivity index (χ1v) is 5.80. The number of ether oxygens (including phenoxy) is 1. The number of amides is 1. The van der Waals surface area contributed by atoms with Crippen molar-refractivity contribution in [2.75, 3.05) is 13.7 Å². The third-order valence-electron chi connectivity index (χ3n) is 2.39. The molecule has 100 valence electrons. The van der Waals surface area contributed by atoms with Crippen LogP contribution in [0.3, 0.4) is 0 Å². The number of carbonyl (C=O) groups excluding carboxylic acids is 1. The third kappa shape index (κ3) is 6.91. The van der Waals surface area contributed by atoms with Crippen molar-refractivity contribution in [1.29, 1.82) is 0 Å². The Balaban J connectivity index is 4.15. The van der Waals surface area contributed by atoms with Gasteiger partial charge in [-0.2, -0.15) is 0 Å². The monoisotopic (exact) mass is 246 g/mol. The number of hydrogen-bond donors (Lipinski definition) is 3. The Kier molecular flexibility index (Phi) is 8.35. The Labute approximate surface area is 102 Å². The molecule has 0 aliphatic carbocycles. The summed E-state index contributed by atoms with van der Waals surface area (Å²) >= 11 is 0. The summed E-state index contributed by atoms with van der Waals surface area (Å²) in [5.41, 5.74) is 5.60. The van der Waals surface area contributed by atoms with Crippen LogP contribution in [0.2, 0.25) is 0 Å². The lowest BCUT2D eigenvalue weighted by molar-refractivity contribution is -0.142. The second-order valence-electron chi connectivity index (χ2n) is 3.93. The first-order valence-electron chi connectivity index (χ1n) is 5.80. The minimum absolute atomic E-state index is 0.341. The number of carbonyl (C=O) groups is 2. The van der Waals surface area contributed by atoms with Crippen LogP contribution in [0.5, 0.6) is 0 Å². The third-order valence-corrected chi connectivity index (χ3v) is 2.39. The Morgan fingerprint density at radius 1 is 1.41 bits per heavy atom. The topological polar surface area (TPSA) is 102 Å². The number of nitrogens with two attached hydrogens (primary N) is 1. The van der Waals surface area contributed by atoms with Gasteiger partial charge in [0, 0.05) is 13.7 Å². The molecule has 0 heterocycles. The van der Waals surface area contributed by atoms with Crippen molar-refractivity contribution in [1.82, 2.24) is 5.32 Å². The Morgan fingerprint density at radius 2 is 2.06 bits per heavy atom. The average Bonchev–Trinajstić information content (AvgIpc) is 2.27. The smallest absolute Gasteiger partial charge is 0.326 e. The minimum Gasteiger partial charge on any atom is -0.480 e. The first-order chi connectivity index (χ1) is 8.02. The van der Waals surface area contributed by atoms with Gasteiger partial charge < -0.3 is 20.9 Å². The largest absolute Gasteiger partial charge is 0.480 e. The van der Waals surface area contributed by atoms with Gasteiger partial charge >= 0.3 is 5.97 Å². The summed E-state index contributed by atoms with van der Waals surface area (Å²) < 4.78 is 4.83. The number of hydrogen-bond acceptors (Lipinski definition) is 4. The van der Waals surface area contributed by atoms with Gasteiger partial charge in [0.2, 0.25) is 5.91 Å². The van der Waals surface area contributed by atoms with Gasteiger partial charge in [0.15, 0.2) is 0 Å². The van der Waals surface area contributed by atoms with E-state index < -0.39 is 24.0 Å². The van der Waals surface area contributed by atoms with E-state index in [-0.39, 0.29) is 0 Å². The predicted molar refractivity (Wildman–Crippen MR) is 63.6 cm³/mol. The van der Waals surface area contributed by atoms with Crippen molar-refractivity contribution in [3.8, 4) is 0 Å². The Hall–Kier alpha value is -1.14. The zero-order valence-electron chi connectivity index (χ0n) is 10.4. The zero-order valence-corrected chi connectivity index (χ0v) is 10.4. The molecule has 0 saturated carbocycles. The van der Waals surface area contributed by atoms with Crippen molar-refractivity contribution in [2.24, 2.45) is 5.73 Å². The summed E-state index contributed by atoms with van der Waals surface area (Å²) in [7, 11) is 1.55. The molecule has 6 nitrogen and oxygen atoms in total. The SMILES string of the molecule is CCC[C@H](N)C(=O)NC(CCCOC)C(=O)O. The number of rotatable bonds is 9. The zero-order chi connectivity index (χ0) is 13.3. The molecule has 0 spiro atoms. The number of carboxylic acid groups (broad SMARTS) is 1. The van der Waals surface area contributed by atoms with E-state index in [0.717, 1.165) is 6.42 Å². The summed E-state index contributed by atoms with van der Waals surface area (Å²) in [6, 6.07) is -1.52. The van der Waals surface area contributed by atoms with Crippen LogP contribution in [-0.4, -0.2) is 42.8 Å². The maximum Gasteiger partial charge on any atom is 0.326 e. The van der Waals surface area contributed by atoms with Crippen molar-refractivity contribution in [3.05, 3.63) is 0 Å². The van der Waals surface area contributed by atoms with Crippen LogP contribution >= 0.6 is 0 Å². The van der Waals surface area contributed by atoms with Crippen molar-refractivity contribution in [2.45, 2.75) is 44.7 Å². The molecule has 4 N–H and O–H groups in total. The highest BCUT2D eigenvalue weighted by molar-refractivity contribution is 5.86. The van der Waals surface area contributed by atoms with Gasteiger partial charge in [-0.25, -0.2) is 4.79 Å². The summed E-state index contributed by atoms with van der Waals surface area (Å²) in [6.45, 7) is 2.39. The van der Waals surface area contributed by atoms with Gasteiger partial charge in [-0.1, -0.05) is 13.3 Å². The second kappa shape index (κ2) is 8.95. The number of carboxylic acids is 1. The molecule has 0 fully saturated rings. The van der Waals surface area contributed by atoms with Gasteiger partial charge in [0.25, 0.3) is 0 Å². The lowest BCUT2D eigenvalue weighted by Crippen LogP contribution is -2.48. The normalized spacial score (nSPS) is 14.1. The standard InChI is InChI=1S/C11H22N2O4/c1-3-5-8(12)10(14)13-9(11(15)16)6-4-7-17-2/h8-9H,3-7,12H2,1-2H3,(H,13,14)(H,15,16)/t8-,9?/m0/s1. The predicted octanol–water partition coefficient (Wildman–Crippen LogP) is 0.110. The minimum atomic E-state index is -1.04. The van der Waals surface area contributed by atoms with Crippen LogP contribution in [0.15, 0.2) is 0 Å². The Morgan fingerprint density at radius 3 is 2.53 bits per heavy atom. The van der Waals surface area contributed by atoms with Crippen LogP contribution in [-0.2, 0) is 14.3 Å². The summed E-state index contributed by atoms with van der Waals surface area (Å²) in [5.74, 6) is -1.45. The summed E-state index contributed by atoms with van der Waals surface area (Å²) in [5, 5.41) is 11.4. The number of aliphatic carboxylic acids is 1. The van der Waals surface area contributed by atoms with Crippen LogP contribution in [0.1, 0.15) is 32.6 Å². The Bertz CT molecular complexity index is 246.